The minimum atomic E-state index is -0.283. The zero-order valence-electron chi connectivity index (χ0n) is 18.3. The Morgan fingerprint density at radius 3 is 2.81 bits per heavy atom. The Bertz CT molecular complexity index is 1130. The highest BCUT2D eigenvalue weighted by molar-refractivity contribution is 5.84. The molecule has 0 aliphatic carbocycles. The fourth-order valence-electron chi connectivity index (χ4n) is 4.28. The van der Waals surface area contributed by atoms with Gasteiger partial charge in [-0.25, -0.2) is 9.37 Å². The number of benzene rings is 2. The molecule has 2 aliphatic rings. The average molecular weight is 438 g/mol. The first kappa shape index (κ1) is 21.0. The second kappa shape index (κ2) is 8.56. The van der Waals surface area contributed by atoms with Crippen LogP contribution < -0.4 is 19.5 Å². The summed E-state index contributed by atoms with van der Waals surface area (Å²) in [7, 11) is 0. The molecule has 0 amide bonds. The fourth-order valence-corrected chi connectivity index (χ4v) is 4.28. The number of nitrogens with one attached hydrogen (secondary N) is 1. The Kier molecular flexibility index (Phi) is 5.61. The summed E-state index contributed by atoms with van der Waals surface area (Å²) in [6.45, 7) is 6.04. The minimum Gasteiger partial charge on any atom is -0.473 e. The predicted molar refractivity (Wildman–Crippen MR) is 118 cm³/mol. The van der Waals surface area contributed by atoms with Crippen molar-refractivity contribution in [3.8, 4) is 17.4 Å². The van der Waals surface area contributed by atoms with Crippen LogP contribution in [0.15, 0.2) is 42.5 Å². The molecule has 6 nitrogen and oxygen atoms in total. The smallest absolute Gasteiger partial charge is 0.231 e. The van der Waals surface area contributed by atoms with Crippen LogP contribution in [0.3, 0.4) is 0 Å². The van der Waals surface area contributed by atoms with Crippen molar-refractivity contribution in [2.45, 2.75) is 51.5 Å². The van der Waals surface area contributed by atoms with E-state index in [0.717, 1.165) is 47.2 Å². The van der Waals surface area contributed by atoms with Gasteiger partial charge in [0.1, 0.15) is 12.4 Å². The molecule has 1 N–H and O–H groups in total. The van der Waals surface area contributed by atoms with E-state index in [2.05, 4.69) is 25.2 Å². The summed E-state index contributed by atoms with van der Waals surface area (Å²) in [5.74, 6) is 1.64. The lowest BCUT2D eigenvalue weighted by Crippen LogP contribution is -2.43. The number of fused-ring (bicyclic) bond motifs is 2. The van der Waals surface area contributed by atoms with E-state index in [1.807, 2.05) is 18.2 Å². The third kappa shape index (κ3) is 4.64. The lowest BCUT2D eigenvalue weighted by molar-refractivity contribution is -0.0630. The number of aromatic nitrogens is 1. The lowest BCUT2D eigenvalue weighted by atomic mass is 9.94. The molecule has 1 fully saturated rings. The van der Waals surface area contributed by atoms with Gasteiger partial charge in [0, 0.05) is 36.2 Å². The molecule has 32 heavy (non-hydrogen) atoms. The van der Waals surface area contributed by atoms with Crippen molar-refractivity contribution >= 4 is 10.9 Å². The van der Waals surface area contributed by atoms with Gasteiger partial charge in [-0.3, -0.25) is 0 Å². The van der Waals surface area contributed by atoms with E-state index >= 15 is 0 Å². The van der Waals surface area contributed by atoms with Crippen LogP contribution in [0.4, 0.5) is 4.39 Å². The summed E-state index contributed by atoms with van der Waals surface area (Å²) in [5, 5.41) is 4.60. The van der Waals surface area contributed by atoms with Crippen LogP contribution in [-0.4, -0.2) is 30.0 Å². The molecule has 2 aromatic carbocycles. The molecule has 3 aromatic rings. The van der Waals surface area contributed by atoms with Crippen LogP contribution in [0.25, 0.3) is 10.9 Å². The molecule has 1 atom stereocenters. The van der Waals surface area contributed by atoms with Gasteiger partial charge in [-0.2, -0.15) is 0 Å². The molecule has 0 unspecified atom stereocenters. The van der Waals surface area contributed by atoms with E-state index in [0.29, 0.717) is 24.2 Å². The quantitative estimate of drug-likeness (QED) is 0.601. The number of nitrogens with zero attached hydrogens (tertiary/aromatic N) is 1. The number of hydrogen-bond donors (Lipinski definition) is 1. The van der Waals surface area contributed by atoms with Crippen molar-refractivity contribution in [3.05, 3.63) is 59.4 Å². The van der Waals surface area contributed by atoms with E-state index < -0.39 is 0 Å². The molecule has 0 bridgehead atoms. The van der Waals surface area contributed by atoms with Gasteiger partial charge in [0.15, 0.2) is 11.5 Å². The third-order valence-corrected chi connectivity index (χ3v) is 5.89. The van der Waals surface area contributed by atoms with E-state index in [4.69, 9.17) is 23.9 Å². The third-order valence-electron chi connectivity index (χ3n) is 5.89. The Morgan fingerprint density at radius 1 is 1.16 bits per heavy atom. The van der Waals surface area contributed by atoms with Crippen LogP contribution in [0.5, 0.6) is 17.4 Å². The van der Waals surface area contributed by atoms with Crippen molar-refractivity contribution < 1.29 is 23.3 Å². The van der Waals surface area contributed by atoms with Gasteiger partial charge >= 0.3 is 0 Å². The van der Waals surface area contributed by atoms with Crippen molar-refractivity contribution in [2.75, 3.05) is 13.4 Å². The molecule has 1 aromatic heterocycles. The molecule has 7 heteroatoms. The van der Waals surface area contributed by atoms with Gasteiger partial charge < -0.3 is 24.3 Å². The van der Waals surface area contributed by atoms with Gasteiger partial charge in [0.25, 0.3) is 0 Å². The average Bonchev–Trinajstić information content (AvgIpc) is 3.21. The summed E-state index contributed by atoms with van der Waals surface area (Å²) in [4.78, 5) is 4.77. The number of hydrogen-bond acceptors (Lipinski definition) is 6. The number of rotatable bonds is 6. The molecule has 168 valence electrons. The largest absolute Gasteiger partial charge is 0.473 e. The van der Waals surface area contributed by atoms with Crippen molar-refractivity contribution in [3.63, 3.8) is 0 Å². The predicted octanol–water partition coefficient (Wildman–Crippen LogP) is 4.73. The highest BCUT2D eigenvalue weighted by Gasteiger charge is 2.28. The topological polar surface area (TPSA) is 61.8 Å². The first-order chi connectivity index (χ1) is 15.4. The van der Waals surface area contributed by atoms with Crippen LogP contribution in [0.2, 0.25) is 0 Å². The molecule has 3 heterocycles. The van der Waals surface area contributed by atoms with Crippen molar-refractivity contribution in [1.82, 2.24) is 10.3 Å². The SMILES string of the molecule is CC1(C)C[C@@H](NCc2cc3cc4c(cc3nc2OCc2cccc(F)c2)OCO4)CCO1. The molecule has 5 rings (SSSR count). The summed E-state index contributed by atoms with van der Waals surface area (Å²) >= 11 is 0. The number of halogens is 1. The number of ether oxygens (including phenoxy) is 4. The Balaban J connectivity index is 1.41. The standard InChI is InChI=1S/C25H27FN2O4/c1-25(2)12-20(6-7-32-25)27-13-18-9-17-10-22-23(31-15-30-22)11-21(17)28-24(18)29-14-16-4-3-5-19(26)8-16/h3-5,8-11,20,27H,6-7,12-15H2,1-2H3/t20-/m0/s1. The van der Waals surface area contributed by atoms with E-state index in [-0.39, 0.29) is 24.8 Å². The number of pyridine rings is 1. The first-order valence-corrected chi connectivity index (χ1v) is 10.9. The maximum absolute atomic E-state index is 13.6. The monoisotopic (exact) mass is 438 g/mol. The molecule has 0 saturated carbocycles. The van der Waals surface area contributed by atoms with E-state index in [1.165, 1.54) is 12.1 Å². The lowest BCUT2D eigenvalue weighted by Gasteiger charge is -2.36. The molecular weight excluding hydrogens is 411 g/mol. The van der Waals surface area contributed by atoms with Gasteiger partial charge in [-0.15, -0.1) is 0 Å². The van der Waals surface area contributed by atoms with Gasteiger partial charge in [-0.05, 0) is 56.5 Å². The van der Waals surface area contributed by atoms with Gasteiger partial charge in [-0.1, -0.05) is 12.1 Å². The zero-order valence-corrected chi connectivity index (χ0v) is 18.3. The van der Waals surface area contributed by atoms with Crippen LogP contribution in [-0.2, 0) is 17.9 Å². The second-order valence-electron chi connectivity index (χ2n) is 8.95. The molecular formula is C25H27FN2O4. The van der Waals surface area contributed by atoms with Gasteiger partial charge in [0.05, 0.1) is 11.1 Å². The summed E-state index contributed by atoms with van der Waals surface area (Å²) < 4.78 is 36.5. The van der Waals surface area contributed by atoms with Gasteiger partial charge in [0.2, 0.25) is 12.7 Å². The second-order valence-corrected chi connectivity index (χ2v) is 8.95. The zero-order chi connectivity index (χ0) is 22.1. The van der Waals surface area contributed by atoms with Crippen LogP contribution in [0.1, 0.15) is 37.8 Å². The highest BCUT2D eigenvalue weighted by atomic mass is 19.1. The summed E-state index contributed by atoms with van der Waals surface area (Å²) in [6.07, 6.45) is 1.90. The first-order valence-electron chi connectivity index (χ1n) is 10.9. The van der Waals surface area contributed by atoms with Crippen LogP contribution >= 0.6 is 0 Å². The van der Waals surface area contributed by atoms with E-state index in [9.17, 15) is 4.39 Å². The van der Waals surface area contributed by atoms with Crippen LogP contribution in [0, 0.1) is 5.82 Å². The molecule has 0 spiro atoms. The summed E-state index contributed by atoms with van der Waals surface area (Å²) in [5.41, 5.74) is 2.32. The Hall–Kier alpha value is -2.90. The molecule has 1 saturated heterocycles. The van der Waals surface area contributed by atoms with Crippen molar-refractivity contribution in [2.24, 2.45) is 0 Å². The highest BCUT2D eigenvalue weighted by Crippen LogP contribution is 2.37. The van der Waals surface area contributed by atoms with Crippen molar-refractivity contribution in [1.29, 1.82) is 0 Å². The minimum absolute atomic E-state index is 0.133. The Labute approximate surface area is 186 Å². The Morgan fingerprint density at radius 2 is 2.00 bits per heavy atom. The molecule has 2 aliphatic heterocycles. The van der Waals surface area contributed by atoms with E-state index in [1.54, 1.807) is 6.07 Å². The fraction of sp³-hybridized carbons (Fsp3) is 0.400. The maximum atomic E-state index is 13.6. The summed E-state index contributed by atoms with van der Waals surface area (Å²) in [6, 6.07) is 12.6. The molecule has 0 radical (unpaired) electrons. The maximum Gasteiger partial charge on any atom is 0.231 e. The normalized spacial score (nSPS) is 19.3.